The maximum absolute atomic E-state index is 3.70. The summed E-state index contributed by atoms with van der Waals surface area (Å²) in [5.41, 5.74) is 0.324. The normalized spacial score (nSPS) is 13.4. The van der Waals surface area contributed by atoms with Crippen LogP contribution in [-0.4, -0.2) is 0 Å². The largest absolute Gasteiger partial charge is 0.0980 e. The summed E-state index contributed by atoms with van der Waals surface area (Å²) in [6.07, 6.45) is 5.31. The van der Waals surface area contributed by atoms with Gasteiger partial charge in [-0.3, -0.25) is 0 Å². The van der Waals surface area contributed by atoms with Crippen LogP contribution in [0.5, 0.6) is 0 Å². The van der Waals surface area contributed by atoms with Crippen LogP contribution in [0, 0.1) is 5.41 Å². The molecule has 0 aromatic carbocycles. The summed E-state index contributed by atoms with van der Waals surface area (Å²) in [5.74, 6) is 0. The molecule has 0 heterocycles. The Balaban J connectivity index is 4.22. The molecule has 0 saturated heterocycles. The van der Waals surface area contributed by atoms with Crippen molar-refractivity contribution < 1.29 is 0 Å². The Morgan fingerprint density at radius 2 is 2.10 bits per heavy atom. The molecule has 0 aliphatic rings. The standard InChI is InChI=1S/C9H15I/c1-5-8(10)7-9(3,4)6-2/h5,7H,1,6H2,2-4H3/b8-7-. The minimum atomic E-state index is 0.324. The zero-order valence-electron chi connectivity index (χ0n) is 6.95. The van der Waals surface area contributed by atoms with Crippen molar-refractivity contribution in [1.29, 1.82) is 0 Å². The second-order valence-electron chi connectivity index (χ2n) is 3.08. The van der Waals surface area contributed by atoms with Gasteiger partial charge in [-0.2, -0.15) is 0 Å². The quantitative estimate of drug-likeness (QED) is 0.526. The van der Waals surface area contributed by atoms with Crippen molar-refractivity contribution in [1.82, 2.24) is 0 Å². The second kappa shape index (κ2) is 4.16. The first-order chi connectivity index (χ1) is 4.52. The highest BCUT2D eigenvalue weighted by Crippen LogP contribution is 2.25. The topological polar surface area (TPSA) is 0 Å². The van der Waals surface area contributed by atoms with Crippen molar-refractivity contribution in [3.63, 3.8) is 0 Å². The fourth-order valence-electron chi connectivity index (χ4n) is 0.534. The van der Waals surface area contributed by atoms with Gasteiger partial charge < -0.3 is 0 Å². The lowest BCUT2D eigenvalue weighted by Gasteiger charge is -2.17. The van der Waals surface area contributed by atoms with Crippen LogP contribution in [0.1, 0.15) is 27.2 Å². The van der Waals surface area contributed by atoms with E-state index in [9.17, 15) is 0 Å². The highest BCUT2D eigenvalue weighted by atomic mass is 127. The van der Waals surface area contributed by atoms with E-state index in [0.29, 0.717) is 5.41 Å². The van der Waals surface area contributed by atoms with Gasteiger partial charge >= 0.3 is 0 Å². The van der Waals surface area contributed by atoms with Gasteiger partial charge in [0, 0.05) is 3.58 Å². The summed E-state index contributed by atoms with van der Waals surface area (Å²) in [6.45, 7) is 10.4. The van der Waals surface area contributed by atoms with Crippen LogP contribution in [0.15, 0.2) is 22.3 Å². The lowest BCUT2D eigenvalue weighted by atomic mass is 9.90. The zero-order chi connectivity index (χ0) is 8.20. The molecule has 10 heavy (non-hydrogen) atoms. The molecule has 0 bridgehead atoms. The maximum atomic E-state index is 3.70. The number of allylic oxidation sites excluding steroid dienone is 3. The molecule has 0 N–H and O–H groups in total. The van der Waals surface area contributed by atoms with Gasteiger partial charge in [0.15, 0.2) is 0 Å². The summed E-state index contributed by atoms with van der Waals surface area (Å²) >= 11 is 2.30. The molecule has 0 aromatic rings. The lowest BCUT2D eigenvalue weighted by molar-refractivity contribution is 0.462. The Kier molecular flexibility index (Phi) is 4.25. The Bertz CT molecular complexity index is 143. The Morgan fingerprint density at radius 1 is 1.60 bits per heavy atom. The second-order valence-corrected chi connectivity index (χ2v) is 4.32. The molecule has 0 nitrogen and oxygen atoms in total. The Hall–Kier alpha value is 0.210. The van der Waals surface area contributed by atoms with E-state index in [-0.39, 0.29) is 0 Å². The third-order valence-corrected chi connectivity index (χ3v) is 2.39. The minimum Gasteiger partial charge on any atom is -0.0980 e. The van der Waals surface area contributed by atoms with Crippen molar-refractivity contribution in [3.8, 4) is 0 Å². The summed E-state index contributed by atoms with van der Waals surface area (Å²) < 4.78 is 1.24. The molecule has 0 aliphatic heterocycles. The molecule has 0 unspecified atom stereocenters. The number of rotatable bonds is 3. The van der Waals surface area contributed by atoms with E-state index in [4.69, 9.17) is 0 Å². The minimum absolute atomic E-state index is 0.324. The van der Waals surface area contributed by atoms with Crippen LogP contribution in [0.3, 0.4) is 0 Å². The van der Waals surface area contributed by atoms with Crippen LogP contribution in [0.4, 0.5) is 0 Å². The Labute approximate surface area is 77.5 Å². The molecular weight excluding hydrogens is 235 g/mol. The molecular formula is C9H15I. The van der Waals surface area contributed by atoms with Crippen LogP contribution in [0.2, 0.25) is 0 Å². The van der Waals surface area contributed by atoms with Crippen LogP contribution in [0.25, 0.3) is 0 Å². The maximum Gasteiger partial charge on any atom is 0.00894 e. The van der Waals surface area contributed by atoms with E-state index < -0.39 is 0 Å². The fraction of sp³-hybridized carbons (Fsp3) is 0.556. The molecule has 0 fully saturated rings. The van der Waals surface area contributed by atoms with E-state index in [2.05, 4.69) is 56.0 Å². The molecule has 0 saturated carbocycles. The highest BCUT2D eigenvalue weighted by molar-refractivity contribution is 14.1. The molecule has 0 spiro atoms. The molecule has 0 radical (unpaired) electrons. The van der Waals surface area contributed by atoms with Gasteiger partial charge in [0.1, 0.15) is 0 Å². The molecule has 0 atom stereocenters. The third-order valence-electron chi connectivity index (χ3n) is 1.63. The lowest BCUT2D eigenvalue weighted by Crippen LogP contribution is -2.04. The van der Waals surface area contributed by atoms with Gasteiger partial charge in [0.05, 0.1) is 0 Å². The number of hydrogen-bond donors (Lipinski definition) is 0. The monoisotopic (exact) mass is 250 g/mol. The van der Waals surface area contributed by atoms with Crippen molar-refractivity contribution in [2.24, 2.45) is 5.41 Å². The number of halogens is 1. The fourth-order valence-corrected chi connectivity index (χ4v) is 1.38. The predicted octanol–water partition coefficient (Wildman–Crippen LogP) is 3.93. The average Bonchev–Trinajstić information content (AvgIpc) is 1.87. The van der Waals surface area contributed by atoms with Crippen LogP contribution < -0.4 is 0 Å². The van der Waals surface area contributed by atoms with Gasteiger partial charge in [0.2, 0.25) is 0 Å². The summed E-state index contributed by atoms with van der Waals surface area (Å²) in [4.78, 5) is 0. The first-order valence-corrected chi connectivity index (χ1v) is 4.60. The van der Waals surface area contributed by atoms with Crippen LogP contribution in [-0.2, 0) is 0 Å². The first-order valence-electron chi connectivity index (χ1n) is 3.52. The van der Waals surface area contributed by atoms with E-state index in [0.717, 1.165) is 0 Å². The van der Waals surface area contributed by atoms with Gasteiger partial charge in [-0.15, -0.1) is 0 Å². The molecule has 58 valence electrons. The summed E-state index contributed by atoms with van der Waals surface area (Å²) in [6, 6.07) is 0. The van der Waals surface area contributed by atoms with Gasteiger partial charge in [0.25, 0.3) is 0 Å². The van der Waals surface area contributed by atoms with Gasteiger partial charge in [-0.1, -0.05) is 39.5 Å². The van der Waals surface area contributed by atoms with Crippen LogP contribution >= 0.6 is 22.6 Å². The van der Waals surface area contributed by atoms with E-state index >= 15 is 0 Å². The van der Waals surface area contributed by atoms with Gasteiger partial charge in [-0.05, 0) is 34.4 Å². The van der Waals surface area contributed by atoms with E-state index in [1.807, 2.05) is 6.08 Å². The van der Waals surface area contributed by atoms with Crippen molar-refractivity contribution in [2.45, 2.75) is 27.2 Å². The average molecular weight is 250 g/mol. The van der Waals surface area contributed by atoms with Gasteiger partial charge in [-0.25, -0.2) is 0 Å². The predicted molar refractivity (Wildman–Crippen MR) is 56.4 cm³/mol. The van der Waals surface area contributed by atoms with Crippen molar-refractivity contribution in [3.05, 3.63) is 22.3 Å². The molecule has 0 aromatic heterocycles. The smallest absolute Gasteiger partial charge is 0.00894 e. The molecule has 1 heteroatoms. The molecule has 0 aliphatic carbocycles. The zero-order valence-corrected chi connectivity index (χ0v) is 9.10. The van der Waals surface area contributed by atoms with E-state index in [1.54, 1.807) is 0 Å². The Morgan fingerprint density at radius 3 is 2.40 bits per heavy atom. The molecule has 0 amide bonds. The van der Waals surface area contributed by atoms with Crippen molar-refractivity contribution in [2.75, 3.05) is 0 Å². The van der Waals surface area contributed by atoms with E-state index in [1.165, 1.54) is 10.0 Å². The summed E-state index contributed by atoms with van der Waals surface area (Å²) in [7, 11) is 0. The third kappa shape index (κ3) is 4.09. The first kappa shape index (κ1) is 10.2. The van der Waals surface area contributed by atoms with Crippen molar-refractivity contribution >= 4 is 22.6 Å². The molecule has 0 rings (SSSR count). The number of hydrogen-bond acceptors (Lipinski definition) is 0. The summed E-state index contributed by atoms with van der Waals surface area (Å²) in [5, 5.41) is 0. The highest BCUT2D eigenvalue weighted by Gasteiger charge is 2.10. The SMILES string of the molecule is C=C/C(I)=C/C(C)(C)CC.